The zero-order valence-electron chi connectivity index (χ0n) is 10.0. The molecule has 0 saturated carbocycles. The molecule has 0 unspecified atom stereocenters. The zero-order chi connectivity index (χ0) is 12.5. The van der Waals surface area contributed by atoms with Gasteiger partial charge in [0.05, 0.1) is 0 Å². The van der Waals surface area contributed by atoms with Crippen LogP contribution in [0, 0.1) is 18.6 Å². The molecule has 0 heterocycles. The second-order valence-corrected chi connectivity index (χ2v) is 4.82. The first-order chi connectivity index (χ1) is 7.25. The molecule has 3 heteroatoms. The molecule has 0 atom stereocenters. The molecule has 0 radical (unpaired) electrons. The fourth-order valence-electron chi connectivity index (χ4n) is 1.89. The first-order valence-electron chi connectivity index (χ1n) is 5.20. The average molecular weight is 226 g/mol. The Morgan fingerprint density at radius 1 is 1.25 bits per heavy atom. The minimum atomic E-state index is -0.841. The quantitative estimate of drug-likeness (QED) is 0.770. The normalized spacial score (nSPS) is 11.6. The minimum Gasteiger partial charge on any atom is -0.300 e. The van der Waals surface area contributed by atoms with E-state index in [4.69, 9.17) is 0 Å². The summed E-state index contributed by atoms with van der Waals surface area (Å²) < 4.78 is 27.1. The second kappa shape index (κ2) is 4.32. The van der Waals surface area contributed by atoms with Crippen molar-refractivity contribution in [3.63, 3.8) is 0 Å². The molecular weight excluding hydrogens is 210 g/mol. The van der Waals surface area contributed by atoms with Crippen molar-refractivity contribution < 1.29 is 13.6 Å². The third-order valence-electron chi connectivity index (χ3n) is 2.70. The van der Waals surface area contributed by atoms with Crippen LogP contribution in [0.4, 0.5) is 8.78 Å². The largest absolute Gasteiger partial charge is 0.300 e. The van der Waals surface area contributed by atoms with Crippen molar-refractivity contribution in [2.45, 2.75) is 39.5 Å². The molecule has 0 aliphatic rings. The molecule has 0 fully saturated rings. The number of Topliss-reactive ketones (excluding diaryl/α,β-unsaturated/α-hetero) is 1. The molecule has 0 bridgehead atoms. The van der Waals surface area contributed by atoms with Crippen LogP contribution in [0.5, 0.6) is 0 Å². The fraction of sp³-hybridized carbons (Fsp3) is 0.462. The van der Waals surface area contributed by atoms with E-state index in [-0.39, 0.29) is 23.3 Å². The van der Waals surface area contributed by atoms with Crippen molar-refractivity contribution in [1.82, 2.24) is 0 Å². The highest BCUT2D eigenvalue weighted by molar-refractivity contribution is 5.77. The average Bonchev–Trinajstić information content (AvgIpc) is 2.11. The predicted octanol–water partition coefficient (Wildman–Crippen LogP) is 3.53. The number of hydrogen-bond donors (Lipinski definition) is 0. The number of halogens is 2. The van der Waals surface area contributed by atoms with Gasteiger partial charge in [-0.1, -0.05) is 26.0 Å². The van der Waals surface area contributed by atoms with E-state index in [1.165, 1.54) is 19.9 Å². The van der Waals surface area contributed by atoms with E-state index >= 15 is 0 Å². The summed E-state index contributed by atoms with van der Waals surface area (Å²) in [5.41, 5.74) is -0.143. The molecule has 0 aliphatic carbocycles. The minimum absolute atomic E-state index is 0.0367. The number of hydrogen-bond acceptors (Lipinski definition) is 1. The molecule has 88 valence electrons. The Kier molecular flexibility index (Phi) is 3.46. The van der Waals surface area contributed by atoms with Crippen molar-refractivity contribution in [3.05, 3.63) is 34.9 Å². The summed E-state index contributed by atoms with van der Waals surface area (Å²) in [6.45, 7) is 6.44. The highest BCUT2D eigenvalue weighted by Crippen LogP contribution is 2.31. The van der Waals surface area contributed by atoms with Crippen LogP contribution in [0.3, 0.4) is 0 Å². The van der Waals surface area contributed by atoms with E-state index < -0.39 is 17.0 Å². The van der Waals surface area contributed by atoms with Crippen molar-refractivity contribution in [2.75, 3.05) is 0 Å². The molecule has 0 N–H and O–H groups in total. The molecule has 0 aliphatic heterocycles. The molecular formula is C13H16F2O. The number of rotatable bonds is 3. The highest BCUT2D eigenvalue weighted by atomic mass is 19.2. The summed E-state index contributed by atoms with van der Waals surface area (Å²) >= 11 is 0. The fourth-order valence-corrected chi connectivity index (χ4v) is 1.89. The van der Waals surface area contributed by atoms with Crippen LogP contribution in [0.25, 0.3) is 0 Å². The molecule has 0 spiro atoms. The van der Waals surface area contributed by atoms with Crippen molar-refractivity contribution in [1.29, 1.82) is 0 Å². The number of aryl methyl sites for hydroxylation is 1. The van der Waals surface area contributed by atoms with Gasteiger partial charge in [0.1, 0.15) is 5.78 Å². The van der Waals surface area contributed by atoms with Crippen LogP contribution in [0.2, 0.25) is 0 Å². The van der Waals surface area contributed by atoms with Crippen LogP contribution in [0.1, 0.15) is 38.3 Å². The maximum absolute atomic E-state index is 13.7. The molecule has 0 aromatic heterocycles. The number of ketones is 1. The first-order valence-corrected chi connectivity index (χ1v) is 5.20. The Labute approximate surface area is 94.5 Å². The highest BCUT2D eigenvalue weighted by Gasteiger charge is 2.27. The van der Waals surface area contributed by atoms with E-state index in [2.05, 4.69) is 0 Å². The lowest BCUT2D eigenvalue weighted by Gasteiger charge is -2.24. The second-order valence-electron chi connectivity index (χ2n) is 4.82. The summed E-state index contributed by atoms with van der Waals surface area (Å²) in [6, 6.07) is 3.09. The van der Waals surface area contributed by atoms with Gasteiger partial charge in [-0.15, -0.1) is 0 Å². The first kappa shape index (κ1) is 12.8. The Balaban J connectivity index is 3.23. The van der Waals surface area contributed by atoms with Gasteiger partial charge in [0.15, 0.2) is 11.6 Å². The molecule has 1 aromatic carbocycles. The topological polar surface area (TPSA) is 17.1 Å². The van der Waals surface area contributed by atoms with Crippen LogP contribution in [-0.4, -0.2) is 5.78 Å². The van der Waals surface area contributed by atoms with Crippen LogP contribution < -0.4 is 0 Å². The SMILES string of the molecule is CC(=O)CC(C)(C)c1ccc(C)c(F)c1F. The summed E-state index contributed by atoms with van der Waals surface area (Å²) in [6.07, 6.45) is 0.201. The molecule has 1 nitrogen and oxygen atoms in total. The summed E-state index contributed by atoms with van der Waals surface area (Å²) in [4.78, 5) is 11.1. The van der Waals surface area contributed by atoms with Crippen LogP contribution >= 0.6 is 0 Å². The third-order valence-corrected chi connectivity index (χ3v) is 2.70. The maximum Gasteiger partial charge on any atom is 0.162 e. The van der Waals surface area contributed by atoms with E-state index in [0.717, 1.165) is 0 Å². The Hall–Kier alpha value is -1.25. The lowest BCUT2D eigenvalue weighted by Crippen LogP contribution is -2.23. The van der Waals surface area contributed by atoms with E-state index in [9.17, 15) is 13.6 Å². The maximum atomic E-state index is 13.7. The molecule has 0 amide bonds. The smallest absolute Gasteiger partial charge is 0.162 e. The molecule has 16 heavy (non-hydrogen) atoms. The Bertz CT molecular complexity index is 422. The number of carbonyl (C=O) groups is 1. The van der Waals surface area contributed by atoms with Crippen molar-refractivity contribution in [2.24, 2.45) is 0 Å². The standard InChI is InChI=1S/C13H16F2O/c1-8-5-6-10(12(15)11(8)14)13(3,4)7-9(2)16/h5-6H,7H2,1-4H3. The summed E-state index contributed by atoms with van der Waals surface area (Å²) in [7, 11) is 0. The monoisotopic (exact) mass is 226 g/mol. The van der Waals surface area contributed by atoms with E-state index in [1.54, 1.807) is 19.9 Å². The lowest BCUT2D eigenvalue weighted by molar-refractivity contribution is -0.118. The lowest BCUT2D eigenvalue weighted by atomic mass is 9.79. The van der Waals surface area contributed by atoms with E-state index in [1.807, 2.05) is 0 Å². The van der Waals surface area contributed by atoms with E-state index in [0.29, 0.717) is 0 Å². The number of benzene rings is 1. The van der Waals surface area contributed by atoms with Gasteiger partial charge in [-0.3, -0.25) is 4.79 Å². The predicted molar refractivity (Wildman–Crippen MR) is 59.4 cm³/mol. The molecule has 1 aromatic rings. The zero-order valence-corrected chi connectivity index (χ0v) is 10.0. The van der Waals surface area contributed by atoms with Crippen LogP contribution in [0.15, 0.2) is 12.1 Å². The Morgan fingerprint density at radius 3 is 2.31 bits per heavy atom. The third kappa shape index (κ3) is 2.46. The van der Waals surface area contributed by atoms with Gasteiger partial charge in [-0.2, -0.15) is 0 Å². The van der Waals surface area contributed by atoms with Crippen LogP contribution in [-0.2, 0) is 10.2 Å². The van der Waals surface area contributed by atoms with Crippen molar-refractivity contribution >= 4 is 5.78 Å². The van der Waals surface area contributed by atoms with Gasteiger partial charge in [0.2, 0.25) is 0 Å². The molecule has 0 saturated heterocycles. The van der Waals surface area contributed by atoms with Gasteiger partial charge in [-0.25, -0.2) is 8.78 Å². The molecule has 1 rings (SSSR count). The van der Waals surface area contributed by atoms with Gasteiger partial charge < -0.3 is 0 Å². The summed E-state index contributed by atoms with van der Waals surface area (Å²) in [5, 5.41) is 0. The van der Waals surface area contributed by atoms with Gasteiger partial charge in [-0.05, 0) is 30.4 Å². The van der Waals surface area contributed by atoms with Crippen molar-refractivity contribution in [3.8, 4) is 0 Å². The number of carbonyl (C=O) groups excluding carboxylic acids is 1. The summed E-state index contributed by atoms with van der Waals surface area (Å²) in [5.74, 6) is -1.70. The van der Waals surface area contributed by atoms with Gasteiger partial charge in [0.25, 0.3) is 0 Å². The Morgan fingerprint density at radius 2 is 1.81 bits per heavy atom. The van der Waals surface area contributed by atoms with Gasteiger partial charge >= 0.3 is 0 Å². The van der Waals surface area contributed by atoms with Gasteiger partial charge in [0, 0.05) is 6.42 Å².